The Bertz CT molecular complexity index is 1260. The second kappa shape index (κ2) is 11.1. The summed E-state index contributed by atoms with van der Waals surface area (Å²) in [4.78, 5) is 16.5. The van der Waals surface area contributed by atoms with E-state index in [-0.39, 0.29) is 37.7 Å². The van der Waals surface area contributed by atoms with Crippen LogP contribution in [0, 0.1) is 11.6 Å². The molecule has 3 aromatic rings. The van der Waals surface area contributed by atoms with Crippen molar-refractivity contribution in [3.05, 3.63) is 95.1 Å². The molecule has 1 spiro atoms. The van der Waals surface area contributed by atoms with Crippen LogP contribution >= 0.6 is 13.5 Å². The summed E-state index contributed by atoms with van der Waals surface area (Å²) >= 11 is 0. The lowest BCUT2D eigenvalue weighted by Gasteiger charge is -2.41. The van der Waals surface area contributed by atoms with Gasteiger partial charge in [0.2, 0.25) is 0 Å². The number of unbranched alkanes of at least 4 members (excludes halogenated alkanes) is 2. The van der Waals surface area contributed by atoms with Gasteiger partial charge in [-0.3, -0.25) is 4.90 Å². The number of likely N-dealkylation sites (tertiary alicyclic amines) is 1. The Morgan fingerprint density at radius 2 is 1.45 bits per heavy atom. The molecule has 6 rings (SSSR count). The summed E-state index contributed by atoms with van der Waals surface area (Å²) in [6, 6.07) is 21.3. The van der Waals surface area contributed by atoms with Gasteiger partial charge in [-0.25, -0.2) is 13.6 Å². The lowest BCUT2D eigenvalue weighted by Crippen LogP contribution is -2.42. The first kappa shape index (κ1) is 26.7. The molecule has 1 aliphatic carbocycles. The number of cyclic esters (lactones) is 1. The topological polar surface area (TPSA) is 32.8 Å². The van der Waals surface area contributed by atoms with Crippen LogP contribution in [0.25, 0.3) is 11.1 Å². The van der Waals surface area contributed by atoms with E-state index in [1.807, 2.05) is 0 Å². The van der Waals surface area contributed by atoms with Crippen LogP contribution in [0.5, 0.6) is 0 Å². The van der Waals surface area contributed by atoms with Crippen molar-refractivity contribution in [1.29, 1.82) is 0 Å². The van der Waals surface area contributed by atoms with Gasteiger partial charge in [0.25, 0.3) is 0 Å². The predicted octanol–water partition coefficient (Wildman–Crippen LogP) is 6.80. The average molecular weight is 537 g/mol. The maximum atomic E-state index is 13.7. The molecule has 3 aromatic carbocycles. The van der Waals surface area contributed by atoms with Gasteiger partial charge in [0.1, 0.15) is 6.61 Å². The van der Waals surface area contributed by atoms with E-state index in [4.69, 9.17) is 4.74 Å². The largest absolute Gasteiger partial charge is 0.447 e. The Morgan fingerprint density at radius 1 is 0.816 bits per heavy atom. The lowest BCUT2D eigenvalue weighted by atomic mass is 9.71. The SMILES string of the molecule is O=C1OCC(c2ccc(F)c(F)c2)N1CCCCCN1CCC2(CC1)c1ccccc1-c1ccccc12.S. The van der Waals surface area contributed by atoms with Gasteiger partial charge in [0.15, 0.2) is 11.6 Å². The number of piperidine rings is 1. The van der Waals surface area contributed by atoms with Crippen molar-refractivity contribution in [2.24, 2.45) is 0 Å². The van der Waals surface area contributed by atoms with Crippen molar-refractivity contribution in [2.45, 2.75) is 43.6 Å². The highest BCUT2D eigenvalue weighted by atomic mass is 32.1. The first-order valence-corrected chi connectivity index (χ1v) is 13.4. The molecule has 4 nitrogen and oxygen atoms in total. The maximum Gasteiger partial charge on any atom is 0.410 e. The molecule has 2 fully saturated rings. The number of benzene rings is 3. The van der Waals surface area contributed by atoms with E-state index in [2.05, 4.69) is 53.4 Å². The molecule has 1 unspecified atom stereocenters. The molecule has 1 amide bonds. The first-order valence-electron chi connectivity index (χ1n) is 13.4. The molecular formula is C31H34F2N2O2S. The summed E-state index contributed by atoms with van der Waals surface area (Å²) in [6.45, 7) is 3.94. The molecule has 0 radical (unpaired) electrons. The molecule has 0 saturated carbocycles. The number of rotatable bonds is 7. The molecule has 2 aliphatic heterocycles. The third-order valence-corrected chi connectivity index (χ3v) is 8.56. The van der Waals surface area contributed by atoms with E-state index >= 15 is 0 Å². The molecule has 1 atom stereocenters. The molecule has 2 saturated heterocycles. The molecule has 2 heterocycles. The van der Waals surface area contributed by atoms with Crippen molar-refractivity contribution in [3.63, 3.8) is 0 Å². The highest BCUT2D eigenvalue weighted by Crippen LogP contribution is 2.53. The van der Waals surface area contributed by atoms with Crippen LogP contribution in [0.1, 0.15) is 54.8 Å². The summed E-state index contributed by atoms with van der Waals surface area (Å²) in [5.41, 5.74) is 6.48. The fourth-order valence-corrected chi connectivity index (χ4v) is 6.60. The van der Waals surface area contributed by atoms with Gasteiger partial charge in [-0.05, 0) is 85.3 Å². The summed E-state index contributed by atoms with van der Waals surface area (Å²) in [7, 11) is 0. The lowest BCUT2D eigenvalue weighted by molar-refractivity contribution is 0.156. The molecule has 0 aromatic heterocycles. The zero-order chi connectivity index (χ0) is 25.4. The van der Waals surface area contributed by atoms with Gasteiger partial charge in [-0.15, -0.1) is 0 Å². The summed E-state index contributed by atoms with van der Waals surface area (Å²) in [5, 5.41) is 0. The number of carbonyl (C=O) groups excluding carboxylic acids is 1. The first-order chi connectivity index (χ1) is 18.1. The second-order valence-corrected chi connectivity index (χ2v) is 10.5. The van der Waals surface area contributed by atoms with E-state index < -0.39 is 11.6 Å². The summed E-state index contributed by atoms with van der Waals surface area (Å²) in [5.74, 6) is -1.78. The number of amides is 1. The molecule has 38 heavy (non-hydrogen) atoms. The summed E-state index contributed by atoms with van der Waals surface area (Å²) < 4.78 is 32.2. The molecular weight excluding hydrogens is 502 g/mol. The van der Waals surface area contributed by atoms with Gasteiger partial charge < -0.3 is 9.64 Å². The van der Waals surface area contributed by atoms with Crippen molar-refractivity contribution >= 4 is 19.6 Å². The molecule has 3 aliphatic rings. The fourth-order valence-electron chi connectivity index (χ4n) is 6.60. The average Bonchev–Trinajstić information content (AvgIpc) is 3.42. The van der Waals surface area contributed by atoms with Crippen LogP contribution in [0.4, 0.5) is 13.6 Å². The summed E-state index contributed by atoms with van der Waals surface area (Å²) in [6.07, 6.45) is 4.81. The Hall–Kier alpha value is -2.90. The quantitative estimate of drug-likeness (QED) is 0.311. The maximum absolute atomic E-state index is 13.7. The predicted molar refractivity (Wildman–Crippen MR) is 150 cm³/mol. The molecule has 0 bridgehead atoms. The number of hydrogen-bond acceptors (Lipinski definition) is 3. The smallest absolute Gasteiger partial charge is 0.410 e. The van der Waals surface area contributed by atoms with Crippen LogP contribution in [-0.2, 0) is 10.2 Å². The van der Waals surface area contributed by atoms with Crippen molar-refractivity contribution in [2.75, 3.05) is 32.8 Å². The second-order valence-electron chi connectivity index (χ2n) is 10.5. The minimum absolute atomic E-state index is 0. The van der Waals surface area contributed by atoms with E-state index in [9.17, 15) is 13.6 Å². The van der Waals surface area contributed by atoms with Crippen LogP contribution in [-0.4, -0.2) is 48.7 Å². The number of halogens is 2. The number of nitrogens with zero attached hydrogens (tertiary/aromatic N) is 2. The molecule has 200 valence electrons. The number of carbonyl (C=O) groups is 1. The molecule has 0 N–H and O–H groups in total. The monoisotopic (exact) mass is 536 g/mol. The zero-order valence-corrected chi connectivity index (χ0v) is 22.5. The minimum atomic E-state index is -0.898. The Balaban J connectivity index is 0.00000294. The van der Waals surface area contributed by atoms with Crippen LogP contribution in [0.2, 0.25) is 0 Å². The van der Waals surface area contributed by atoms with Gasteiger partial charge in [-0.2, -0.15) is 13.5 Å². The normalized spacial score (nSPS) is 19.7. The van der Waals surface area contributed by atoms with Crippen LogP contribution < -0.4 is 0 Å². The Labute approximate surface area is 230 Å². The highest BCUT2D eigenvalue weighted by molar-refractivity contribution is 7.59. The Kier molecular flexibility index (Phi) is 7.78. The van der Waals surface area contributed by atoms with Crippen molar-refractivity contribution in [3.8, 4) is 11.1 Å². The van der Waals surface area contributed by atoms with Gasteiger partial charge >= 0.3 is 6.09 Å². The molecule has 7 heteroatoms. The van der Waals surface area contributed by atoms with Crippen LogP contribution in [0.3, 0.4) is 0 Å². The number of fused-ring (bicyclic) bond motifs is 5. The number of hydrogen-bond donors (Lipinski definition) is 0. The van der Waals surface area contributed by atoms with Crippen molar-refractivity contribution < 1.29 is 18.3 Å². The standard InChI is InChI=1S/C31H32F2N2O2.H2S/c32-27-13-12-22(20-28(27)33)29-21-37-30(36)35(29)17-7-1-6-16-34-18-14-31(15-19-34)25-10-4-2-8-23(25)24-9-3-5-11-26(24)31;/h2-5,8-13,20,29H,1,6-7,14-19,21H2;1H2. The van der Waals surface area contributed by atoms with Crippen molar-refractivity contribution in [1.82, 2.24) is 9.80 Å². The zero-order valence-electron chi connectivity index (χ0n) is 21.5. The van der Waals surface area contributed by atoms with Crippen LogP contribution in [0.15, 0.2) is 66.7 Å². The fraction of sp³-hybridized carbons (Fsp3) is 0.387. The third kappa shape index (κ3) is 4.71. The van der Waals surface area contributed by atoms with Gasteiger partial charge in [0, 0.05) is 12.0 Å². The van der Waals surface area contributed by atoms with E-state index in [1.165, 1.54) is 34.4 Å². The Morgan fingerprint density at radius 3 is 2.11 bits per heavy atom. The highest BCUT2D eigenvalue weighted by Gasteiger charge is 2.44. The van der Waals surface area contributed by atoms with E-state index in [0.717, 1.165) is 57.8 Å². The third-order valence-electron chi connectivity index (χ3n) is 8.56. The van der Waals surface area contributed by atoms with Gasteiger partial charge in [-0.1, -0.05) is 61.0 Å². The van der Waals surface area contributed by atoms with E-state index in [0.29, 0.717) is 12.1 Å². The van der Waals surface area contributed by atoms with E-state index in [1.54, 1.807) is 4.90 Å². The van der Waals surface area contributed by atoms with Gasteiger partial charge in [0.05, 0.1) is 6.04 Å². The number of ether oxygens (including phenoxy) is 1. The minimum Gasteiger partial charge on any atom is -0.447 e.